The number of alkyl halides is 3. The molecule has 4 rings (SSSR count). The van der Waals surface area contributed by atoms with Crippen molar-refractivity contribution in [3.8, 4) is 0 Å². The Labute approximate surface area is 173 Å². The number of halogens is 3. The molecule has 0 aliphatic carbocycles. The normalized spacial score (nSPS) is 21.8. The standard InChI is InChI=1S/C20H27F3N6O/c1-19(2,3)15-12-29-16(24-15)4-5-17(25-29)27-10-8-26(9-11-27)14-6-7-28(18(14)30)13-20(21,22)23/h4-5,12,14H,6-11,13H2,1-3H3. The number of piperazine rings is 1. The van der Waals surface area contributed by atoms with Gasteiger partial charge in [0, 0.05) is 38.1 Å². The first-order valence-corrected chi connectivity index (χ1v) is 10.2. The summed E-state index contributed by atoms with van der Waals surface area (Å²) in [4.78, 5) is 22.1. The van der Waals surface area contributed by atoms with E-state index in [9.17, 15) is 18.0 Å². The van der Waals surface area contributed by atoms with Gasteiger partial charge in [-0.05, 0) is 18.6 Å². The van der Waals surface area contributed by atoms with E-state index in [0.717, 1.165) is 22.1 Å². The van der Waals surface area contributed by atoms with Crippen LogP contribution in [0.15, 0.2) is 18.3 Å². The molecule has 2 aliphatic heterocycles. The summed E-state index contributed by atoms with van der Waals surface area (Å²) >= 11 is 0. The van der Waals surface area contributed by atoms with Crippen LogP contribution in [0.1, 0.15) is 32.9 Å². The molecule has 4 heterocycles. The molecule has 0 spiro atoms. The molecule has 2 saturated heterocycles. The molecule has 0 radical (unpaired) electrons. The van der Waals surface area contributed by atoms with Crippen molar-refractivity contribution in [2.75, 3.05) is 44.2 Å². The molecule has 2 aromatic rings. The highest BCUT2D eigenvalue weighted by Crippen LogP contribution is 2.25. The fraction of sp³-hybridized carbons (Fsp3) is 0.650. The van der Waals surface area contributed by atoms with Gasteiger partial charge in [0.1, 0.15) is 12.4 Å². The van der Waals surface area contributed by atoms with E-state index in [0.29, 0.717) is 32.6 Å². The third kappa shape index (κ3) is 4.23. The van der Waals surface area contributed by atoms with Crippen molar-refractivity contribution in [1.82, 2.24) is 24.4 Å². The highest BCUT2D eigenvalue weighted by atomic mass is 19.4. The minimum absolute atomic E-state index is 0.0622. The number of amides is 1. The zero-order chi connectivity index (χ0) is 21.7. The third-order valence-electron chi connectivity index (χ3n) is 5.79. The van der Waals surface area contributed by atoms with E-state index in [1.165, 1.54) is 0 Å². The number of rotatable bonds is 3. The van der Waals surface area contributed by atoms with E-state index in [-0.39, 0.29) is 12.0 Å². The largest absolute Gasteiger partial charge is 0.406 e. The van der Waals surface area contributed by atoms with Crippen LogP contribution in [-0.2, 0) is 10.2 Å². The Bertz CT molecular complexity index is 927. The van der Waals surface area contributed by atoms with E-state index in [2.05, 4.69) is 35.8 Å². The highest BCUT2D eigenvalue weighted by Gasteiger charge is 2.42. The molecule has 10 heteroatoms. The highest BCUT2D eigenvalue weighted by molar-refractivity contribution is 5.84. The van der Waals surface area contributed by atoms with Gasteiger partial charge in [0.2, 0.25) is 5.91 Å². The number of carbonyl (C=O) groups excluding carboxylic acids is 1. The van der Waals surface area contributed by atoms with Crippen molar-refractivity contribution in [2.24, 2.45) is 0 Å². The van der Waals surface area contributed by atoms with Gasteiger partial charge in [-0.3, -0.25) is 9.69 Å². The van der Waals surface area contributed by atoms with Gasteiger partial charge in [0.25, 0.3) is 0 Å². The van der Waals surface area contributed by atoms with Crippen LogP contribution in [-0.4, -0.2) is 81.8 Å². The summed E-state index contributed by atoms with van der Waals surface area (Å²) in [5, 5.41) is 4.68. The van der Waals surface area contributed by atoms with Gasteiger partial charge in [-0.25, -0.2) is 9.50 Å². The molecule has 2 aliphatic rings. The third-order valence-corrected chi connectivity index (χ3v) is 5.79. The van der Waals surface area contributed by atoms with Gasteiger partial charge in [0.15, 0.2) is 5.65 Å². The van der Waals surface area contributed by atoms with Crippen LogP contribution >= 0.6 is 0 Å². The number of hydrogen-bond donors (Lipinski definition) is 0. The Morgan fingerprint density at radius 1 is 1.07 bits per heavy atom. The van der Waals surface area contributed by atoms with E-state index in [4.69, 9.17) is 0 Å². The maximum atomic E-state index is 12.6. The Hall–Kier alpha value is -2.36. The molecule has 2 aromatic heterocycles. The zero-order valence-electron chi connectivity index (χ0n) is 17.5. The van der Waals surface area contributed by atoms with Crippen molar-refractivity contribution >= 4 is 17.4 Å². The van der Waals surface area contributed by atoms with E-state index >= 15 is 0 Å². The smallest absolute Gasteiger partial charge is 0.353 e. The Morgan fingerprint density at radius 2 is 1.77 bits per heavy atom. The quantitative estimate of drug-likeness (QED) is 0.757. The molecule has 0 saturated carbocycles. The second kappa shape index (κ2) is 7.40. The Kier molecular flexibility index (Phi) is 5.16. The van der Waals surface area contributed by atoms with Crippen molar-refractivity contribution in [1.29, 1.82) is 0 Å². The number of aromatic nitrogens is 3. The van der Waals surface area contributed by atoms with Crippen LogP contribution in [0.2, 0.25) is 0 Å². The molecule has 1 amide bonds. The summed E-state index contributed by atoms with van der Waals surface area (Å²) in [7, 11) is 0. The molecule has 0 N–H and O–H groups in total. The molecule has 0 aromatic carbocycles. The number of imidazole rings is 1. The molecule has 1 unspecified atom stereocenters. The lowest BCUT2D eigenvalue weighted by molar-refractivity contribution is -0.159. The van der Waals surface area contributed by atoms with E-state index < -0.39 is 24.7 Å². The fourth-order valence-corrected chi connectivity index (χ4v) is 4.10. The maximum absolute atomic E-state index is 12.6. The lowest BCUT2D eigenvalue weighted by Gasteiger charge is -2.37. The van der Waals surface area contributed by atoms with Crippen molar-refractivity contribution in [3.05, 3.63) is 24.0 Å². The summed E-state index contributed by atoms with van der Waals surface area (Å²) in [6, 6.07) is 3.43. The lowest BCUT2D eigenvalue weighted by atomic mass is 9.93. The SMILES string of the molecule is CC(C)(C)c1cn2nc(N3CCN(C4CCN(CC(F)(F)F)C4=O)CC3)ccc2n1. The first-order chi connectivity index (χ1) is 14.0. The predicted molar refractivity (Wildman–Crippen MR) is 107 cm³/mol. The average Bonchev–Trinajstić information content (AvgIpc) is 3.24. The number of fused-ring (bicyclic) bond motifs is 1. The van der Waals surface area contributed by atoms with Crippen molar-refractivity contribution < 1.29 is 18.0 Å². The summed E-state index contributed by atoms with van der Waals surface area (Å²) < 4.78 is 39.7. The fourth-order valence-electron chi connectivity index (χ4n) is 4.10. The van der Waals surface area contributed by atoms with E-state index in [1.54, 1.807) is 4.52 Å². The average molecular weight is 424 g/mol. The van der Waals surface area contributed by atoms with Crippen LogP contribution in [0.4, 0.5) is 19.0 Å². The van der Waals surface area contributed by atoms with Crippen LogP contribution in [0.3, 0.4) is 0 Å². The number of hydrogen-bond acceptors (Lipinski definition) is 5. The number of carbonyl (C=O) groups is 1. The van der Waals surface area contributed by atoms with Gasteiger partial charge >= 0.3 is 6.18 Å². The van der Waals surface area contributed by atoms with Gasteiger partial charge < -0.3 is 9.80 Å². The monoisotopic (exact) mass is 424 g/mol. The van der Waals surface area contributed by atoms with Gasteiger partial charge in [0.05, 0.1) is 17.9 Å². The molecule has 7 nitrogen and oxygen atoms in total. The van der Waals surface area contributed by atoms with Crippen molar-refractivity contribution in [3.63, 3.8) is 0 Å². The summed E-state index contributed by atoms with van der Waals surface area (Å²) in [6.07, 6.45) is -1.96. The maximum Gasteiger partial charge on any atom is 0.406 e. The molecule has 0 bridgehead atoms. The number of likely N-dealkylation sites (tertiary alicyclic amines) is 1. The van der Waals surface area contributed by atoms with Gasteiger partial charge in [-0.2, -0.15) is 13.2 Å². The van der Waals surface area contributed by atoms with Crippen LogP contribution in [0.25, 0.3) is 5.65 Å². The van der Waals surface area contributed by atoms with Gasteiger partial charge in [-0.1, -0.05) is 20.8 Å². The minimum atomic E-state index is -4.35. The topological polar surface area (TPSA) is 57.0 Å². The zero-order valence-corrected chi connectivity index (χ0v) is 17.5. The van der Waals surface area contributed by atoms with Crippen molar-refractivity contribution in [2.45, 2.75) is 44.8 Å². The van der Waals surface area contributed by atoms with Crippen LogP contribution < -0.4 is 4.90 Å². The van der Waals surface area contributed by atoms with Gasteiger partial charge in [-0.15, -0.1) is 5.10 Å². The molecule has 30 heavy (non-hydrogen) atoms. The first-order valence-electron chi connectivity index (χ1n) is 10.2. The minimum Gasteiger partial charge on any atom is -0.353 e. The summed E-state index contributed by atoms with van der Waals surface area (Å²) in [6.45, 7) is 7.90. The number of anilines is 1. The Morgan fingerprint density at radius 3 is 2.40 bits per heavy atom. The summed E-state index contributed by atoms with van der Waals surface area (Å²) in [5.41, 5.74) is 1.71. The second-order valence-corrected chi connectivity index (χ2v) is 9.07. The first kappa shape index (κ1) is 20.9. The van der Waals surface area contributed by atoms with Crippen LogP contribution in [0, 0.1) is 0 Å². The molecule has 1 atom stereocenters. The molecular weight excluding hydrogens is 397 g/mol. The second-order valence-electron chi connectivity index (χ2n) is 9.07. The number of nitrogens with zero attached hydrogens (tertiary/aromatic N) is 6. The molecule has 164 valence electrons. The summed E-state index contributed by atoms with van der Waals surface area (Å²) in [5.74, 6) is 0.421. The van der Waals surface area contributed by atoms with Crippen LogP contribution in [0.5, 0.6) is 0 Å². The Balaban J connectivity index is 1.39. The molecular formula is C20H27F3N6O. The lowest BCUT2D eigenvalue weighted by Crippen LogP contribution is -2.53. The van der Waals surface area contributed by atoms with E-state index in [1.807, 2.05) is 23.2 Å². The predicted octanol–water partition coefficient (Wildman–Crippen LogP) is 2.31. The molecule has 2 fully saturated rings.